The number of thioether (sulfide) groups is 1. The van der Waals surface area contributed by atoms with Gasteiger partial charge in [-0.15, -0.1) is 0 Å². The minimum absolute atomic E-state index is 0.147. The van der Waals surface area contributed by atoms with E-state index in [9.17, 15) is 22.0 Å². The van der Waals surface area contributed by atoms with E-state index in [-0.39, 0.29) is 4.90 Å². The molecule has 1 aromatic carbocycles. The molecule has 0 fully saturated rings. The van der Waals surface area contributed by atoms with Crippen LogP contribution in [0.1, 0.15) is 0 Å². The van der Waals surface area contributed by atoms with Gasteiger partial charge < -0.3 is 0 Å². The van der Waals surface area contributed by atoms with Crippen molar-refractivity contribution >= 4 is 11.8 Å². The lowest BCUT2D eigenvalue weighted by Crippen LogP contribution is -2.32. The predicted octanol–water partition coefficient (Wildman–Crippen LogP) is 3.73. The molecule has 0 unspecified atom stereocenters. The molecular weight excluding hydrogens is 223 g/mol. The third kappa shape index (κ3) is 2.60. The predicted molar refractivity (Wildman–Crippen MR) is 42.1 cm³/mol. The topological polar surface area (TPSA) is 0 Å². The Kier molecular flexibility index (Phi) is 3.04. The first-order valence-electron chi connectivity index (χ1n) is 3.42. The molecule has 0 saturated carbocycles. The van der Waals surface area contributed by atoms with Crippen molar-refractivity contribution < 1.29 is 22.0 Å². The van der Waals surface area contributed by atoms with Crippen molar-refractivity contribution in [2.24, 2.45) is 0 Å². The molecule has 0 nitrogen and oxygen atoms in total. The van der Waals surface area contributed by atoms with Crippen molar-refractivity contribution in [3.05, 3.63) is 30.3 Å². The van der Waals surface area contributed by atoms with Crippen LogP contribution in [0.4, 0.5) is 22.0 Å². The van der Waals surface area contributed by atoms with Crippen LogP contribution in [-0.2, 0) is 0 Å². The zero-order chi connectivity index (χ0) is 10.8. The van der Waals surface area contributed by atoms with Crippen LogP contribution in [0.25, 0.3) is 0 Å². The van der Waals surface area contributed by atoms with Gasteiger partial charge in [0.05, 0.1) is 0 Å². The summed E-state index contributed by atoms with van der Waals surface area (Å²) in [6.07, 6.45) is -5.53. The lowest BCUT2D eigenvalue weighted by Gasteiger charge is -2.18. The molecule has 0 aromatic heterocycles. The molecule has 6 heteroatoms. The Hall–Kier alpha value is -0.780. The summed E-state index contributed by atoms with van der Waals surface area (Å²) >= 11 is -0.526. The second-order valence-corrected chi connectivity index (χ2v) is 3.54. The standard InChI is InChI=1S/C8H4F5S/c9-7(10,11)8(12,13)14-6-4-2-1-3-5-6/h2-5H. The molecule has 0 atom stereocenters. The van der Waals surface area contributed by atoms with Crippen LogP contribution in [0.15, 0.2) is 29.2 Å². The van der Waals surface area contributed by atoms with Gasteiger partial charge in [-0.05, 0) is 30.0 Å². The molecule has 1 aromatic rings. The van der Waals surface area contributed by atoms with E-state index >= 15 is 0 Å². The van der Waals surface area contributed by atoms with E-state index in [2.05, 4.69) is 6.07 Å². The molecule has 0 bridgehead atoms. The Morgan fingerprint density at radius 2 is 1.50 bits per heavy atom. The molecule has 0 N–H and O–H groups in total. The monoisotopic (exact) mass is 227 g/mol. The van der Waals surface area contributed by atoms with Gasteiger partial charge in [0.15, 0.2) is 0 Å². The van der Waals surface area contributed by atoms with Gasteiger partial charge in [-0.1, -0.05) is 12.1 Å². The summed E-state index contributed by atoms with van der Waals surface area (Å²) < 4.78 is 60.1. The molecule has 0 heterocycles. The van der Waals surface area contributed by atoms with E-state index in [4.69, 9.17) is 0 Å². The maximum Gasteiger partial charge on any atom is 0.464 e. The zero-order valence-corrected chi connectivity index (χ0v) is 7.42. The summed E-state index contributed by atoms with van der Waals surface area (Å²) in [4.78, 5) is -0.147. The molecule has 1 rings (SSSR count). The van der Waals surface area contributed by atoms with E-state index in [1.807, 2.05) is 0 Å². The first-order chi connectivity index (χ1) is 6.33. The number of alkyl halides is 5. The molecular formula is C8H4F5S. The van der Waals surface area contributed by atoms with Crippen LogP contribution >= 0.6 is 11.8 Å². The average Bonchev–Trinajstić information content (AvgIpc) is 2.03. The second kappa shape index (κ2) is 3.76. The molecule has 0 aliphatic carbocycles. The highest BCUT2D eigenvalue weighted by Crippen LogP contribution is 2.47. The highest BCUT2D eigenvalue weighted by molar-refractivity contribution is 8.00. The molecule has 0 amide bonds. The fourth-order valence-corrected chi connectivity index (χ4v) is 1.33. The SMILES string of the molecule is FC(F)(F)C(F)(F)Sc1cc[c]cc1. The van der Waals surface area contributed by atoms with Crippen LogP contribution in [0, 0.1) is 6.07 Å². The van der Waals surface area contributed by atoms with Crippen molar-refractivity contribution in [1.29, 1.82) is 0 Å². The van der Waals surface area contributed by atoms with Gasteiger partial charge in [0.25, 0.3) is 0 Å². The van der Waals surface area contributed by atoms with Gasteiger partial charge in [0, 0.05) is 4.90 Å². The van der Waals surface area contributed by atoms with E-state index < -0.39 is 23.2 Å². The fourth-order valence-electron chi connectivity index (χ4n) is 0.646. The van der Waals surface area contributed by atoms with Crippen molar-refractivity contribution in [2.45, 2.75) is 16.3 Å². The van der Waals surface area contributed by atoms with Crippen LogP contribution in [0.2, 0.25) is 0 Å². The van der Waals surface area contributed by atoms with E-state index in [0.717, 1.165) is 12.1 Å². The Balaban J connectivity index is 2.79. The number of halogens is 5. The number of benzene rings is 1. The Morgan fingerprint density at radius 3 is 1.93 bits per heavy atom. The Morgan fingerprint density at radius 1 is 1.00 bits per heavy atom. The van der Waals surface area contributed by atoms with Crippen LogP contribution < -0.4 is 0 Å². The summed E-state index contributed by atoms with van der Waals surface area (Å²) in [7, 11) is 0. The summed E-state index contributed by atoms with van der Waals surface area (Å²) in [6, 6.07) is 7.35. The van der Waals surface area contributed by atoms with E-state index in [0.29, 0.717) is 0 Å². The lowest BCUT2D eigenvalue weighted by atomic mass is 10.4. The first kappa shape index (κ1) is 11.3. The Bertz CT molecular complexity index is 292. The quantitative estimate of drug-likeness (QED) is 0.548. The van der Waals surface area contributed by atoms with Crippen LogP contribution in [0.3, 0.4) is 0 Å². The van der Waals surface area contributed by atoms with Gasteiger partial charge >= 0.3 is 11.4 Å². The summed E-state index contributed by atoms with van der Waals surface area (Å²) in [5.74, 6) is 0. The highest BCUT2D eigenvalue weighted by atomic mass is 32.2. The zero-order valence-electron chi connectivity index (χ0n) is 6.61. The molecule has 14 heavy (non-hydrogen) atoms. The minimum Gasteiger partial charge on any atom is -0.183 e. The average molecular weight is 227 g/mol. The van der Waals surface area contributed by atoms with Crippen LogP contribution in [0.5, 0.6) is 0 Å². The van der Waals surface area contributed by atoms with Gasteiger partial charge in [0.2, 0.25) is 0 Å². The maximum atomic E-state index is 12.4. The lowest BCUT2D eigenvalue weighted by molar-refractivity contribution is -0.237. The van der Waals surface area contributed by atoms with Crippen molar-refractivity contribution in [3.8, 4) is 0 Å². The largest absolute Gasteiger partial charge is 0.464 e. The smallest absolute Gasteiger partial charge is 0.183 e. The molecule has 0 aliphatic heterocycles. The van der Waals surface area contributed by atoms with E-state index in [1.165, 1.54) is 12.1 Å². The molecule has 0 saturated heterocycles. The van der Waals surface area contributed by atoms with Gasteiger partial charge in [-0.2, -0.15) is 22.0 Å². The number of hydrogen-bond donors (Lipinski definition) is 0. The maximum absolute atomic E-state index is 12.4. The van der Waals surface area contributed by atoms with E-state index in [1.54, 1.807) is 0 Å². The Labute approximate surface area is 81.1 Å². The number of rotatable bonds is 2. The second-order valence-electron chi connectivity index (χ2n) is 2.35. The third-order valence-electron chi connectivity index (χ3n) is 1.26. The fraction of sp³-hybridized carbons (Fsp3) is 0.250. The van der Waals surface area contributed by atoms with Crippen molar-refractivity contribution in [1.82, 2.24) is 0 Å². The van der Waals surface area contributed by atoms with Crippen molar-refractivity contribution in [2.75, 3.05) is 0 Å². The normalized spacial score (nSPS) is 12.9. The summed E-state index contributed by atoms with van der Waals surface area (Å²) in [6.45, 7) is 0. The highest BCUT2D eigenvalue weighted by Gasteiger charge is 2.58. The van der Waals surface area contributed by atoms with Crippen molar-refractivity contribution in [3.63, 3.8) is 0 Å². The molecule has 1 radical (unpaired) electrons. The molecule has 0 aliphatic rings. The molecule has 77 valence electrons. The van der Waals surface area contributed by atoms with Gasteiger partial charge in [-0.3, -0.25) is 0 Å². The van der Waals surface area contributed by atoms with Crippen LogP contribution in [-0.4, -0.2) is 11.4 Å². The minimum atomic E-state index is -5.53. The first-order valence-corrected chi connectivity index (χ1v) is 4.24. The number of hydrogen-bond acceptors (Lipinski definition) is 1. The molecule has 0 spiro atoms. The third-order valence-corrected chi connectivity index (χ3v) is 2.26. The van der Waals surface area contributed by atoms with Gasteiger partial charge in [0.1, 0.15) is 0 Å². The summed E-state index contributed by atoms with van der Waals surface area (Å²) in [5, 5.41) is -4.76. The summed E-state index contributed by atoms with van der Waals surface area (Å²) in [5.41, 5.74) is 0. The van der Waals surface area contributed by atoms with Gasteiger partial charge in [-0.25, -0.2) is 0 Å².